The summed E-state index contributed by atoms with van der Waals surface area (Å²) in [6.45, 7) is 4.13. The maximum Gasteiger partial charge on any atom is 0.334 e. The molecule has 1 N–H and O–H groups in total. The first-order valence-electron chi connectivity index (χ1n) is 6.03. The Morgan fingerprint density at radius 3 is 2.67 bits per heavy atom. The molecule has 0 radical (unpaired) electrons. The molecular weight excluding hydrogens is 230 g/mol. The van der Waals surface area contributed by atoms with E-state index >= 15 is 0 Å². The van der Waals surface area contributed by atoms with Crippen molar-refractivity contribution in [2.75, 3.05) is 11.9 Å². The van der Waals surface area contributed by atoms with Gasteiger partial charge in [0.15, 0.2) is 11.8 Å². The Labute approximate surface area is 106 Å². The smallest absolute Gasteiger partial charge is 0.334 e. The number of carbonyl (C=O) groups is 2. The normalized spacial score (nSPS) is 19.0. The molecule has 0 bridgehead atoms. The summed E-state index contributed by atoms with van der Waals surface area (Å²) in [5, 5.41) is 9.17. The number of hydrogen-bond donors (Lipinski definition) is 1. The number of Topliss-reactive ketones (excluding diaryl/α,β-unsaturated/α-hetero) is 1. The van der Waals surface area contributed by atoms with E-state index in [2.05, 4.69) is 13.8 Å². The number of carboxylic acids is 1. The lowest BCUT2D eigenvalue weighted by molar-refractivity contribution is -0.142. The van der Waals surface area contributed by atoms with Gasteiger partial charge in [0.1, 0.15) is 0 Å². The lowest BCUT2D eigenvalue weighted by atomic mass is 9.89. The fraction of sp³-hybridized carbons (Fsp3) is 0.429. The molecule has 2 rings (SSSR count). The Morgan fingerprint density at radius 1 is 1.44 bits per heavy atom. The van der Waals surface area contributed by atoms with Gasteiger partial charge in [0.2, 0.25) is 0 Å². The van der Waals surface area contributed by atoms with E-state index in [1.54, 1.807) is 11.9 Å². The van der Waals surface area contributed by atoms with E-state index in [-0.39, 0.29) is 12.2 Å². The summed E-state index contributed by atoms with van der Waals surface area (Å²) in [7, 11) is 1.68. The van der Waals surface area contributed by atoms with Gasteiger partial charge < -0.3 is 10.0 Å². The van der Waals surface area contributed by atoms with Crippen molar-refractivity contribution in [2.24, 2.45) is 0 Å². The van der Waals surface area contributed by atoms with Gasteiger partial charge in [0.25, 0.3) is 0 Å². The number of benzene rings is 1. The number of ketones is 1. The molecule has 96 valence electrons. The molecule has 0 fully saturated rings. The highest BCUT2D eigenvalue weighted by Crippen LogP contribution is 2.35. The second-order valence-corrected chi connectivity index (χ2v) is 5.00. The van der Waals surface area contributed by atoms with Gasteiger partial charge in [-0.2, -0.15) is 0 Å². The zero-order valence-electron chi connectivity index (χ0n) is 10.8. The number of hydrogen-bond acceptors (Lipinski definition) is 3. The van der Waals surface area contributed by atoms with Crippen molar-refractivity contribution in [3.05, 3.63) is 29.3 Å². The monoisotopic (exact) mass is 247 g/mol. The second kappa shape index (κ2) is 4.44. The first-order chi connectivity index (χ1) is 8.43. The van der Waals surface area contributed by atoms with Crippen LogP contribution in [-0.4, -0.2) is 29.9 Å². The van der Waals surface area contributed by atoms with E-state index in [9.17, 15) is 14.7 Å². The van der Waals surface area contributed by atoms with Crippen LogP contribution in [0.2, 0.25) is 0 Å². The molecule has 0 aliphatic carbocycles. The maximum atomic E-state index is 11.9. The first-order valence-corrected chi connectivity index (χ1v) is 6.03. The number of rotatable bonds is 2. The molecule has 4 nitrogen and oxygen atoms in total. The Hall–Kier alpha value is -1.84. The minimum absolute atomic E-state index is 0.206. The number of nitrogens with zero attached hydrogens (tertiary/aromatic N) is 1. The molecule has 4 heteroatoms. The highest BCUT2D eigenvalue weighted by Gasteiger charge is 2.37. The van der Waals surface area contributed by atoms with Gasteiger partial charge in [0, 0.05) is 19.2 Å². The van der Waals surface area contributed by atoms with Crippen LogP contribution in [0.3, 0.4) is 0 Å². The Bertz CT molecular complexity index is 508. The van der Waals surface area contributed by atoms with Gasteiger partial charge in [-0.1, -0.05) is 32.0 Å². The highest BCUT2D eigenvalue weighted by molar-refractivity contribution is 6.08. The molecule has 0 saturated carbocycles. The lowest BCUT2D eigenvalue weighted by Crippen LogP contribution is -2.49. The Kier molecular flexibility index (Phi) is 3.11. The topological polar surface area (TPSA) is 57.6 Å². The summed E-state index contributed by atoms with van der Waals surface area (Å²) in [5.41, 5.74) is 2.92. The molecule has 1 unspecified atom stereocenters. The summed E-state index contributed by atoms with van der Waals surface area (Å²) in [4.78, 5) is 24.7. The van der Waals surface area contributed by atoms with Gasteiger partial charge in [-0.05, 0) is 17.0 Å². The fourth-order valence-corrected chi connectivity index (χ4v) is 2.58. The third-order valence-electron chi connectivity index (χ3n) is 3.42. The summed E-state index contributed by atoms with van der Waals surface area (Å²) < 4.78 is 0. The standard InChI is InChI=1S/C14H17NO3/c1-8(2)10-6-4-5-9-7-11(16)13(14(17)18)15(3)12(9)10/h4-6,8,13H,7H2,1-3H3,(H,17,18). The molecule has 1 aromatic carbocycles. The third kappa shape index (κ3) is 1.88. The van der Waals surface area contributed by atoms with E-state index in [4.69, 9.17) is 0 Å². The number of anilines is 1. The summed E-state index contributed by atoms with van der Waals surface area (Å²) in [5.74, 6) is -1.03. The van der Waals surface area contributed by atoms with Crippen molar-refractivity contribution in [3.63, 3.8) is 0 Å². The van der Waals surface area contributed by atoms with Crippen LogP contribution in [0.1, 0.15) is 30.9 Å². The van der Waals surface area contributed by atoms with Crippen LogP contribution in [0.5, 0.6) is 0 Å². The average Bonchev–Trinajstić information content (AvgIpc) is 2.27. The van der Waals surface area contributed by atoms with Crippen LogP contribution < -0.4 is 4.90 Å². The fourth-order valence-electron chi connectivity index (χ4n) is 2.58. The van der Waals surface area contributed by atoms with Crippen molar-refractivity contribution < 1.29 is 14.7 Å². The number of para-hydroxylation sites is 1. The maximum absolute atomic E-state index is 11.9. The molecule has 0 aromatic heterocycles. The summed E-state index contributed by atoms with van der Waals surface area (Å²) in [6, 6.07) is 4.76. The minimum atomic E-state index is -1.08. The molecule has 1 atom stereocenters. The number of carbonyl (C=O) groups excluding carboxylic acids is 1. The van der Waals surface area contributed by atoms with Crippen LogP contribution in [0.4, 0.5) is 5.69 Å². The molecule has 1 aliphatic rings. The molecule has 0 amide bonds. The molecule has 0 saturated heterocycles. The van der Waals surface area contributed by atoms with Crippen molar-refractivity contribution >= 4 is 17.4 Å². The highest BCUT2D eigenvalue weighted by atomic mass is 16.4. The van der Waals surface area contributed by atoms with Gasteiger partial charge in [-0.15, -0.1) is 0 Å². The van der Waals surface area contributed by atoms with E-state index in [0.29, 0.717) is 5.92 Å². The van der Waals surface area contributed by atoms with Gasteiger partial charge in [-0.3, -0.25) is 4.79 Å². The van der Waals surface area contributed by atoms with Crippen LogP contribution in [0.15, 0.2) is 18.2 Å². The van der Waals surface area contributed by atoms with Crippen molar-refractivity contribution in [1.82, 2.24) is 0 Å². The van der Waals surface area contributed by atoms with Crippen molar-refractivity contribution in [3.8, 4) is 0 Å². The number of carboxylic acid groups (broad SMARTS) is 1. The van der Waals surface area contributed by atoms with E-state index < -0.39 is 12.0 Å². The average molecular weight is 247 g/mol. The predicted octanol–water partition coefficient (Wildman–Crippen LogP) is 1.82. The van der Waals surface area contributed by atoms with Crippen molar-refractivity contribution in [2.45, 2.75) is 32.2 Å². The summed E-state index contributed by atoms with van der Waals surface area (Å²) in [6.07, 6.45) is 0.206. The molecule has 1 aliphatic heterocycles. The zero-order chi connectivity index (χ0) is 13.4. The van der Waals surface area contributed by atoms with Crippen LogP contribution in [-0.2, 0) is 16.0 Å². The Balaban J connectivity index is 2.58. The molecule has 1 heterocycles. The van der Waals surface area contributed by atoms with E-state index in [1.165, 1.54) is 0 Å². The quantitative estimate of drug-likeness (QED) is 0.810. The lowest BCUT2D eigenvalue weighted by Gasteiger charge is -2.34. The minimum Gasteiger partial charge on any atom is -0.479 e. The Morgan fingerprint density at radius 2 is 2.11 bits per heavy atom. The molecule has 0 spiro atoms. The van der Waals surface area contributed by atoms with E-state index in [0.717, 1.165) is 16.8 Å². The van der Waals surface area contributed by atoms with Crippen molar-refractivity contribution in [1.29, 1.82) is 0 Å². The predicted molar refractivity (Wildman–Crippen MR) is 69.1 cm³/mol. The van der Waals surface area contributed by atoms with Gasteiger partial charge >= 0.3 is 5.97 Å². The zero-order valence-corrected chi connectivity index (χ0v) is 10.8. The molecule has 18 heavy (non-hydrogen) atoms. The van der Waals surface area contributed by atoms with Crippen LogP contribution in [0, 0.1) is 0 Å². The first kappa shape index (κ1) is 12.6. The van der Waals surface area contributed by atoms with Gasteiger partial charge in [-0.25, -0.2) is 4.79 Å². The summed E-state index contributed by atoms with van der Waals surface area (Å²) >= 11 is 0. The molecular formula is C14H17NO3. The number of likely N-dealkylation sites (N-methyl/N-ethyl adjacent to an activating group) is 1. The number of fused-ring (bicyclic) bond motifs is 1. The van der Waals surface area contributed by atoms with Crippen LogP contribution >= 0.6 is 0 Å². The number of aliphatic carboxylic acids is 1. The van der Waals surface area contributed by atoms with Crippen LogP contribution in [0.25, 0.3) is 0 Å². The second-order valence-electron chi connectivity index (χ2n) is 5.00. The SMILES string of the molecule is CC(C)c1cccc2c1N(C)C(C(=O)O)C(=O)C2. The largest absolute Gasteiger partial charge is 0.479 e. The van der Waals surface area contributed by atoms with E-state index in [1.807, 2.05) is 18.2 Å². The van der Waals surface area contributed by atoms with Gasteiger partial charge in [0.05, 0.1) is 0 Å². The third-order valence-corrected chi connectivity index (χ3v) is 3.42. The molecule has 1 aromatic rings.